The van der Waals surface area contributed by atoms with E-state index in [1.165, 1.54) is 7.11 Å². The lowest BCUT2D eigenvalue weighted by Gasteiger charge is -2.02. The van der Waals surface area contributed by atoms with Crippen molar-refractivity contribution in [2.24, 2.45) is 5.11 Å². The van der Waals surface area contributed by atoms with Crippen molar-refractivity contribution < 1.29 is 9.53 Å². The average Bonchev–Trinajstić information content (AvgIpc) is 2.39. The molecule has 0 aliphatic carbocycles. The fourth-order valence-electron chi connectivity index (χ4n) is 1.18. The number of hydrogen-bond donors (Lipinski definition) is 0. The number of rotatable bonds is 3. The highest BCUT2D eigenvalue weighted by Gasteiger charge is 2.10. The van der Waals surface area contributed by atoms with E-state index >= 15 is 0 Å². The molecule has 92 valence electrons. The van der Waals surface area contributed by atoms with Crippen molar-refractivity contribution in [1.82, 2.24) is 0 Å². The summed E-state index contributed by atoms with van der Waals surface area (Å²) in [6.07, 6.45) is 0.459. The van der Waals surface area contributed by atoms with E-state index in [0.29, 0.717) is 23.6 Å². The Morgan fingerprint density at radius 3 is 3.06 bits per heavy atom. The Hall–Kier alpha value is -2.15. The van der Waals surface area contributed by atoms with Gasteiger partial charge in [0.25, 0.3) is 0 Å². The van der Waals surface area contributed by atoms with Gasteiger partial charge in [-0.2, -0.15) is 0 Å². The molecule has 1 aromatic carbocycles. The third-order valence-corrected chi connectivity index (χ3v) is 2.33. The first kappa shape index (κ1) is 13.9. The van der Waals surface area contributed by atoms with Crippen LogP contribution in [0, 0.1) is 11.8 Å². The molecule has 5 nitrogen and oxygen atoms in total. The molecule has 0 N–H and O–H groups in total. The number of ether oxygens (including phenoxy) is 1. The molecule has 0 aliphatic rings. The zero-order valence-electron chi connectivity index (χ0n) is 9.68. The van der Waals surface area contributed by atoms with E-state index < -0.39 is 5.97 Å². The van der Waals surface area contributed by atoms with Gasteiger partial charge in [-0.3, -0.25) is 0 Å². The highest BCUT2D eigenvalue weighted by molar-refractivity contribution is 6.33. The standard InChI is InChI=1S/C12H10ClN3O2/c1-18-12(17)10-8-9(5-6-11(10)13)4-2-3-7-15-16-14/h5-6,8H,3,7H2,1H3. The Labute approximate surface area is 109 Å². The van der Waals surface area contributed by atoms with E-state index in [4.69, 9.17) is 17.1 Å². The maximum atomic E-state index is 11.4. The molecule has 1 rings (SSSR count). The molecule has 18 heavy (non-hydrogen) atoms. The van der Waals surface area contributed by atoms with Gasteiger partial charge in [0.2, 0.25) is 0 Å². The van der Waals surface area contributed by atoms with E-state index in [9.17, 15) is 4.79 Å². The van der Waals surface area contributed by atoms with Crippen LogP contribution in [0.3, 0.4) is 0 Å². The molecule has 0 unspecified atom stereocenters. The summed E-state index contributed by atoms with van der Waals surface area (Å²) in [6.45, 7) is 0.320. The summed E-state index contributed by atoms with van der Waals surface area (Å²) in [5.74, 6) is 5.18. The normalized spacial score (nSPS) is 8.78. The minimum atomic E-state index is -0.502. The molecule has 0 spiro atoms. The Kier molecular flexibility index (Phi) is 5.59. The molecule has 0 amide bonds. The van der Waals surface area contributed by atoms with Crippen LogP contribution in [0.5, 0.6) is 0 Å². The zero-order valence-corrected chi connectivity index (χ0v) is 10.4. The van der Waals surface area contributed by atoms with Gasteiger partial charge in [0, 0.05) is 23.4 Å². The number of methoxy groups -OCH3 is 1. The van der Waals surface area contributed by atoms with Gasteiger partial charge in [-0.05, 0) is 23.7 Å². The molecule has 0 atom stereocenters. The highest BCUT2D eigenvalue weighted by Crippen LogP contribution is 2.18. The van der Waals surface area contributed by atoms with Crippen molar-refractivity contribution in [2.45, 2.75) is 6.42 Å². The second kappa shape index (κ2) is 7.23. The monoisotopic (exact) mass is 263 g/mol. The van der Waals surface area contributed by atoms with Gasteiger partial charge in [-0.15, -0.1) is 0 Å². The second-order valence-corrected chi connectivity index (χ2v) is 3.60. The molecule has 0 aliphatic heterocycles. The zero-order chi connectivity index (χ0) is 13.4. The maximum Gasteiger partial charge on any atom is 0.339 e. The molecule has 0 saturated carbocycles. The lowest BCUT2D eigenvalue weighted by molar-refractivity contribution is 0.0601. The van der Waals surface area contributed by atoms with Crippen LogP contribution in [0.15, 0.2) is 23.3 Å². The van der Waals surface area contributed by atoms with Gasteiger partial charge in [0.1, 0.15) is 0 Å². The quantitative estimate of drug-likeness (QED) is 0.210. The summed E-state index contributed by atoms with van der Waals surface area (Å²) in [5.41, 5.74) is 9.01. The summed E-state index contributed by atoms with van der Waals surface area (Å²) in [7, 11) is 1.29. The SMILES string of the molecule is COC(=O)c1cc(C#CCCN=[N+]=[N-])ccc1Cl. The predicted octanol–water partition coefficient (Wildman–Crippen LogP) is 3.18. The minimum Gasteiger partial charge on any atom is -0.465 e. The Bertz CT molecular complexity index is 554. The van der Waals surface area contributed by atoms with Gasteiger partial charge in [-0.25, -0.2) is 4.79 Å². The fourth-order valence-corrected chi connectivity index (χ4v) is 1.38. The summed E-state index contributed by atoms with van der Waals surface area (Å²) in [5, 5.41) is 3.68. The Morgan fingerprint density at radius 1 is 1.61 bits per heavy atom. The van der Waals surface area contributed by atoms with Gasteiger partial charge >= 0.3 is 5.97 Å². The maximum absolute atomic E-state index is 11.4. The van der Waals surface area contributed by atoms with Gasteiger partial charge < -0.3 is 4.74 Å². The number of esters is 1. The minimum absolute atomic E-state index is 0.279. The highest BCUT2D eigenvalue weighted by atomic mass is 35.5. The number of azide groups is 1. The molecule has 0 radical (unpaired) electrons. The molecule has 0 heterocycles. The van der Waals surface area contributed by atoms with Crippen molar-refractivity contribution in [3.8, 4) is 11.8 Å². The van der Waals surface area contributed by atoms with Crippen molar-refractivity contribution >= 4 is 17.6 Å². The Balaban J connectivity index is 2.84. The van der Waals surface area contributed by atoms with Crippen molar-refractivity contribution in [1.29, 1.82) is 0 Å². The van der Waals surface area contributed by atoms with E-state index in [-0.39, 0.29) is 5.56 Å². The summed E-state index contributed by atoms with van der Waals surface area (Å²) in [6, 6.07) is 4.86. The van der Waals surface area contributed by atoms with Crippen molar-refractivity contribution in [3.05, 3.63) is 44.8 Å². The van der Waals surface area contributed by atoms with E-state index in [1.54, 1.807) is 18.2 Å². The number of halogens is 1. The molecule has 0 bridgehead atoms. The lowest BCUT2D eigenvalue weighted by atomic mass is 10.1. The molecule has 6 heteroatoms. The van der Waals surface area contributed by atoms with Crippen molar-refractivity contribution in [3.63, 3.8) is 0 Å². The van der Waals surface area contributed by atoms with Crippen LogP contribution in [0.1, 0.15) is 22.3 Å². The van der Waals surface area contributed by atoms with Crippen molar-refractivity contribution in [2.75, 3.05) is 13.7 Å². The fraction of sp³-hybridized carbons (Fsp3) is 0.250. The molecule has 0 saturated heterocycles. The van der Waals surface area contributed by atoms with E-state index in [0.717, 1.165) is 0 Å². The first-order valence-corrected chi connectivity index (χ1v) is 5.44. The second-order valence-electron chi connectivity index (χ2n) is 3.19. The smallest absolute Gasteiger partial charge is 0.339 e. The molecule has 1 aromatic rings. The van der Waals surface area contributed by atoms with Crippen LogP contribution in [0.4, 0.5) is 0 Å². The number of hydrogen-bond acceptors (Lipinski definition) is 3. The molecular formula is C12H10ClN3O2. The summed E-state index contributed by atoms with van der Waals surface area (Å²) >= 11 is 5.87. The van der Waals surface area contributed by atoms with Crippen LogP contribution in [-0.2, 0) is 4.74 Å². The average molecular weight is 264 g/mol. The number of carbonyl (C=O) groups excluding carboxylic acids is 1. The molecular weight excluding hydrogens is 254 g/mol. The van der Waals surface area contributed by atoms with Crippen LogP contribution in [-0.4, -0.2) is 19.6 Å². The number of carbonyl (C=O) groups is 1. The van der Waals surface area contributed by atoms with Crippen LogP contribution >= 0.6 is 11.6 Å². The molecule has 0 aromatic heterocycles. The van der Waals surface area contributed by atoms with Gasteiger partial charge in [0.05, 0.1) is 17.7 Å². The first-order valence-electron chi connectivity index (χ1n) is 5.06. The third-order valence-electron chi connectivity index (χ3n) is 2.00. The van der Waals surface area contributed by atoms with E-state index in [1.807, 2.05) is 0 Å². The molecule has 0 fully saturated rings. The van der Waals surface area contributed by atoms with Gasteiger partial charge in [0.15, 0.2) is 0 Å². The number of benzene rings is 1. The Morgan fingerprint density at radius 2 is 2.39 bits per heavy atom. The van der Waals surface area contributed by atoms with Crippen LogP contribution < -0.4 is 0 Å². The van der Waals surface area contributed by atoms with Crippen LogP contribution in [0.25, 0.3) is 10.4 Å². The third kappa shape index (κ3) is 4.02. The summed E-state index contributed by atoms with van der Waals surface area (Å²) in [4.78, 5) is 14.0. The lowest BCUT2D eigenvalue weighted by Crippen LogP contribution is -2.02. The van der Waals surface area contributed by atoms with Crippen LogP contribution in [0.2, 0.25) is 5.02 Å². The first-order chi connectivity index (χ1) is 8.69. The number of nitrogens with zero attached hydrogens (tertiary/aromatic N) is 3. The topological polar surface area (TPSA) is 75.1 Å². The predicted molar refractivity (Wildman–Crippen MR) is 68.3 cm³/mol. The summed E-state index contributed by atoms with van der Waals surface area (Å²) < 4.78 is 4.60. The van der Waals surface area contributed by atoms with Gasteiger partial charge in [-0.1, -0.05) is 28.6 Å². The largest absolute Gasteiger partial charge is 0.465 e. The van der Waals surface area contributed by atoms with E-state index in [2.05, 4.69) is 26.6 Å².